The number of nitrogens with one attached hydrogen (secondary N) is 2. The van der Waals surface area contributed by atoms with Gasteiger partial charge in [-0.15, -0.1) is 5.10 Å². The van der Waals surface area contributed by atoms with E-state index in [9.17, 15) is 4.39 Å². The highest BCUT2D eigenvalue weighted by Gasteiger charge is 2.39. The molecule has 0 amide bonds. The quantitative estimate of drug-likeness (QED) is 0.614. The van der Waals surface area contributed by atoms with Gasteiger partial charge in [0.2, 0.25) is 5.82 Å². The minimum atomic E-state index is -0.204. The first-order valence-corrected chi connectivity index (χ1v) is 11.5. The molecule has 0 unspecified atom stereocenters. The first kappa shape index (κ1) is 20.3. The molecule has 0 bridgehead atoms. The van der Waals surface area contributed by atoms with Crippen LogP contribution in [-0.2, 0) is 6.54 Å². The Kier molecular flexibility index (Phi) is 6.04. The van der Waals surface area contributed by atoms with Crippen molar-refractivity contribution in [2.45, 2.75) is 44.3 Å². The molecule has 1 aliphatic heterocycles. The third-order valence-corrected chi connectivity index (χ3v) is 7.08. The number of benzene rings is 2. The molecule has 2 N–H and O–H groups in total. The molecule has 5 rings (SSSR count). The number of halogens is 1. The van der Waals surface area contributed by atoms with Crippen LogP contribution >= 0.6 is 0 Å². The van der Waals surface area contributed by atoms with Gasteiger partial charge in [-0.3, -0.25) is 0 Å². The second kappa shape index (κ2) is 9.24. The summed E-state index contributed by atoms with van der Waals surface area (Å²) in [5.74, 6) is 0.563. The van der Waals surface area contributed by atoms with Crippen molar-refractivity contribution in [3.63, 3.8) is 0 Å². The van der Waals surface area contributed by atoms with Gasteiger partial charge in [-0.25, -0.2) is 9.07 Å². The van der Waals surface area contributed by atoms with Gasteiger partial charge in [-0.05, 0) is 53.8 Å². The Morgan fingerprint density at radius 3 is 2.39 bits per heavy atom. The predicted octanol–water partition coefficient (Wildman–Crippen LogP) is 0.676. The maximum atomic E-state index is 15.0. The average molecular weight is 423 g/mol. The van der Waals surface area contributed by atoms with Crippen molar-refractivity contribution in [3.05, 3.63) is 77.4 Å². The highest BCUT2D eigenvalue weighted by Crippen LogP contribution is 2.21. The zero-order chi connectivity index (χ0) is 21.0. The highest BCUT2D eigenvalue weighted by atomic mass is 19.1. The molecule has 1 atom stereocenters. The van der Waals surface area contributed by atoms with Gasteiger partial charge in [0, 0.05) is 0 Å². The summed E-state index contributed by atoms with van der Waals surface area (Å²) in [7, 11) is 0. The molecule has 1 aliphatic carbocycles. The van der Waals surface area contributed by atoms with E-state index >= 15 is 0 Å². The van der Waals surface area contributed by atoms with E-state index < -0.39 is 0 Å². The van der Waals surface area contributed by atoms with E-state index in [0.29, 0.717) is 12.1 Å². The second-order valence-corrected chi connectivity index (χ2v) is 8.93. The fraction of sp³-hybridized carbons (Fsp3) is 0.458. The number of quaternary nitrogens is 2. The summed E-state index contributed by atoms with van der Waals surface area (Å²) < 4.78 is 16.8. The van der Waals surface area contributed by atoms with Crippen molar-refractivity contribution in [3.8, 4) is 0 Å². The first-order chi connectivity index (χ1) is 15.3. The van der Waals surface area contributed by atoms with Gasteiger partial charge < -0.3 is 9.80 Å². The zero-order valence-electron chi connectivity index (χ0n) is 17.9. The molecular weight excluding hydrogens is 391 g/mol. The van der Waals surface area contributed by atoms with Gasteiger partial charge in [0.05, 0.1) is 18.2 Å². The molecular formula is C24H31FN6+2. The van der Waals surface area contributed by atoms with Crippen LogP contribution in [0.4, 0.5) is 4.39 Å². The van der Waals surface area contributed by atoms with Crippen LogP contribution in [0.1, 0.15) is 48.7 Å². The monoisotopic (exact) mass is 422 g/mol. The molecule has 2 aliphatic rings. The number of hydrogen-bond acceptors (Lipinski definition) is 3. The fourth-order valence-corrected chi connectivity index (χ4v) is 5.46. The van der Waals surface area contributed by atoms with Crippen LogP contribution in [-0.4, -0.2) is 52.4 Å². The van der Waals surface area contributed by atoms with Crippen molar-refractivity contribution in [2.24, 2.45) is 0 Å². The van der Waals surface area contributed by atoms with E-state index in [1.54, 1.807) is 17.0 Å². The van der Waals surface area contributed by atoms with Crippen LogP contribution < -0.4 is 9.80 Å². The lowest BCUT2D eigenvalue weighted by molar-refractivity contribution is -1.03. The van der Waals surface area contributed by atoms with Gasteiger partial charge in [0.15, 0.2) is 6.04 Å². The number of rotatable bonds is 6. The maximum absolute atomic E-state index is 15.0. The Balaban J connectivity index is 1.43. The third kappa shape index (κ3) is 4.38. The Labute approximate surface area is 182 Å². The Morgan fingerprint density at radius 2 is 1.65 bits per heavy atom. The summed E-state index contributed by atoms with van der Waals surface area (Å²) in [6, 6.07) is 17.9. The third-order valence-electron chi connectivity index (χ3n) is 7.08. The summed E-state index contributed by atoms with van der Waals surface area (Å²) in [5.41, 5.74) is 1.82. The van der Waals surface area contributed by atoms with Crippen molar-refractivity contribution in [1.82, 2.24) is 20.2 Å². The summed E-state index contributed by atoms with van der Waals surface area (Å²) in [6.45, 7) is 4.85. The molecule has 7 heteroatoms. The number of aromatic nitrogens is 4. The number of tetrazole rings is 1. The summed E-state index contributed by atoms with van der Waals surface area (Å²) in [4.78, 5) is 3.09. The van der Waals surface area contributed by atoms with Crippen LogP contribution in [0, 0.1) is 5.82 Å². The molecule has 3 aromatic rings. The van der Waals surface area contributed by atoms with Crippen LogP contribution in [0.25, 0.3) is 0 Å². The first-order valence-electron chi connectivity index (χ1n) is 11.5. The molecule has 162 valence electrons. The van der Waals surface area contributed by atoms with E-state index in [1.165, 1.54) is 30.6 Å². The van der Waals surface area contributed by atoms with Crippen molar-refractivity contribution in [1.29, 1.82) is 0 Å². The molecule has 0 radical (unpaired) electrons. The van der Waals surface area contributed by atoms with Gasteiger partial charge in [-0.1, -0.05) is 42.5 Å². The smallest absolute Gasteiger partial charge is 0.214 e. The lowest BCUT2D eigenvalue weighted by atomic mass is 10.0. The van der Waals surface area contributed by atoms with E-state index in [4.69, 9.17) is 0 Å². The lowest BCUT2D eigenvalue weighted by Gasteiger charge is -2.36. The molecule has 2 fully saturated rings. The molecule has 2 heterocycles. The number of nitrogens with zero attached hydrogens (tertiary/aromatic N) is 4. The van der Waals surface area contributed by atoms with Crippen molar-refractivity contribution in [2.75, 3.05) is 26.2 Å². The van der Waals surface area contributed by atoms with Crippen LogP contribution in [0.5, 0.6) is 0 Å². The van der Waals surface area contributed by atoms with Gasteiger partial charge in [0.25, 0.3) is 0 Å². The summed E-state index contributed by atoms with van der Waals surface area (Å²) in [6.07, 6.45) is 5.46. The van der Waals surface area contributed by atoms with E-state index in [1.807, 2.05) is 35.0 Å². The maximum Gasteiger partial charge on any atom is 0.214 e. The topological polar surface area (TPSA) is 52.5 Å². The molecule has 1 saturated carbocycles. The fourth-order valence-electron chi connectivity index (χ4n) is 5.46. The van der Waals surface area contributed by atoms with Gasteiger partial charge in [-0.2, -0.15) is 0 Å². The molecule has 2 aromatic carbocycles. The average Bonchev–Trinajstić information content (AvgIpc) is 3.50. The van der Waals surface area contributed by atoms with Crippen LogP contribution in [0.15, 0.2) is 54.6 Å². The minimum Gasteiger partial charge on any atom is -0.323 e. The summed E-state index contributed by atoms with van der Waals surface area (Å²) in [5, 5.41) is 12.7. The summed E-state index contributed by atoms with van der Waals surface area (Å²) >= 11 is 0. The van der Waals surface area contributed by atoms with Gasteiger partial charge >= 0.3 is 0 Å². The Morgan fingerprint density at radius 1 is 0.935 bits per heavy atom. The number of piperazine rings is 1. The Bertz CT molecular complexity index is 976. The van der Waals surface area contributed by atoms with E-state index in [0.717, 1.165) is 43.6 Å². The predicted molar refractivity (Wildman–Crippen MR) is 115 cm³/mol. The minimum absolute atomic E-state index is 0.181. The Hall–Kier alpha value is -2.64. The highest BCUT2D eigenvalue weighted by molar-refractivity contribution is 5.25. The van der Waals surface area contributed by atoms with Crippen molar-refractivity contribution < 1.29 is 14.2 Å². The van der Waals surface area contributed by atoms with E-state index in [-0.39, 0.29) is 11.9 Å². The van der Waals surface area contributed by atoms with Crippen LogP contribution in [0.2, 0.25) is 0 Å². The largest absolute Gasteiger partial charge is 0.323 e. The van der Waals surface area contributed by atoms with Crippen LogP contribution in [0.3, 0.4) is 0 Å². The molecule has 1 aromatic heterocycles. The second-order valence-electron chi connectivity index (χ2n) is 8.93. The molecule has 6 nitrogen and oxygen atoms in total. The van der Waals surface area contributed by atoms with E-state index in [2.05, 4.69) is 27.7 Å². The standard InChI is InChI=1S/C24H29FN6/c25-22-13-7-6-12-21(22)23(30-16-14-29(15-17-30)20-10-4-5-11-20)24-26-27-28-31(24)18-19-8-2-1-3-9-19/h1-3,6-9,12-13,20,23H,4-5,10-11,14-18H2/p+2/t23-/m0/s1. The zero-order valence-corrected chi connectivity index (χ0v) is 17.9. The number of hydrogen-bond donors (Lipinski definition) is 2. The molecule has 0 spiro atoms. The molecule has 1 saturated heterocycles. The van der Waals surface area contributed by atoms with Gasteiger partial charge in [0.1, 0.15) is 32.0 Å². The lowest BCUT2D eigenvalue weighted by Crippen LogP contribution is -3.29. The SMILES string of the molecule is Fc1ccccc1[C@@H](c1nnnn1Cc1ccccc1)[NH+]1CC[NH+](C2CCCC2)CC1. The normalized spacial score (nSPS) is 23.1. The molecule has 31 heavy (non-hydrogen) atoms. The van der Waals surface area contributed by atoms with Crippen molar-refractivity contribution >= 4 is 0 Å².